The van der Waals surface area contributed by atoms with Gasteiger partial charge in [-0.2, -0.15) is 0 Å². The van der Waals surface area contributed by atoms with Crippen molar-refractivity contribution in [1.82, 2.24) is 0 Å². The van der Waals surface area contributed by atoms with Crippen molar-refractivity contribution in [1.29, 1.82) is 0 Å². The minimum atomic E-state index is 0.0400. The first-order valence-corrected chi connectivity index (χ1v) is 11.3. The molecule has 0 spiro atoms. The quantitative estimate of drug-likeness (QED) is 0.454. The first-order valence-electron chi connectivity index (χ1n) is 11.3. The Kier molecular flexibility index (Phi) is 5.31. The Morgan fingerprint density at radius 1 is 1.10 bits per heavy atom. The third-order valence-corrected chi connectivity index (χ3v) is 8.64. The molecule has 3 aliphatic rings. The molecule has 0 aliphatic heterocycles. The Labute approximate surface area is 175 Å². The van der Waals surface area contributed by atoms with Gasteiger partial charge in [-0.25, -0.2) is 0 Å². The van der Waals surface area contributed by atoms with Crippen molar-refractivity contribution >= 4 is 0 Å². The lowest BCUT2D eigenvalue weighted by molar-refractivity contribution is -0.0858. The third-order valence-electron chi connectivity index (χ3n) is 8.64. The smallest absolute Gasteiger partial charge is 0.119 e. The van der Waals surface area contributed by atoms with Crippen molar-refractivity contribution in [2.45, 2.75) is 71.6 Å². The van der Waals surface area contributed by atoms with E-state index in [2.05, 4.69) is 26.5 Å². The summed E-state index contributed by atoms with van der Waals surface area (Å²) in [6.45, 7) is 9.50. The molecule has 0 radical (unpaired) electrons. The van der Waals surface area contributed by atoms with Crippen molar-refractivity contribution in [3.05, 3.63) is 47.1 Å². The lowest BCUT2D eigenvalue weighted by Gasteiger charge is -2.58. The van der Waals surface area contributed by atoms with Gasteiger partial charge in [0.05, 0.1) is 0 Å². The highest BCUT2D eigenvalue weighted by Crippen LogP contribution is 2.61. The second-order valence-corrected chi connectivity index (χ2v) is 10.3. The molecule has 0 aromatic heterocycles. The normalized spacial score (nSPS) is 34.3. The summed E-state index contributed by atoms with van der Waals surface area (Å²) < 4.78 is 0. The van der Waals surface area contributed by atoms with E-state index < -0.39 is 0 Å². The van der Waals surface area contributed by atoms with Gasteiger partial charge in [0.15, 0.2) is 0 Å². The Morgan fingerprint density at radius 3 is 2.55 bits per heavy atom. The number of rotatable bonds is 4. The number of aliphatic hydroxyl groups excluding tert-OH is 1. The summed E-state index contributed by atoms with van der Waals surface area (Å²) in [4.78, 5) is 0. The maximum atomic E-state index is 10.3. The molecule has 4 rings (SSSR count). The molecular weight excluding hydrogens is 360 g/mol. The topological polar surface area (TPSA) is 60.7 Å². The molecule has 3 N–H and O–H groups in total. The van der Waals surface area contributed by atoms with E-state index in [0.717, 1.165) is 49.7 Å². The first kappa shape index (κ1) is 20.5. The largest absolute Gasteiger partial charge is 0.508 e. The van der Waals surface area contributed by atoms with Crippen molar-refractivity contribution in [2.75, 3.05) is 6.61 Å². The van der Waals surface area contributed by atoms with Crippen LogP contribution in [0.5, 0.6) is 11.5 Å². The Morgan fingerprint density at radius 2 is 1.83 bits per heavy atom. The number of hydrogen-bond donors (Lipinski definition) is 3. The number of fused-ring (bicyclic) bond motifs is 2. The van der Waals surface area contributed by atoms with Crippen LogP contribution in [-0.4, -0.2) is 21.9 Å². The van der Waals surface area contributed by atoms with Gasteiger partial charge in [-0.05, 0) is 86.2 Å². The van der Waals surface area contributed by atoms with Crippen molar-refractivity contribution in [3.63, 3.8) is 0 Å². The average Bonchev–Trinajstić information content (AvgIpc) is 2.70. The van der Waals surface area contributed by atoms with Crippen molar-refractivity contribution < 1.29 is 15.3 Å². The Hall–Kier alpha value is -1.74. The summed E-state index contributed by atoms with van der Waals surface area (Å²) in [7, 11) is 0. The lowest BCUT2D eigenvalue weighted by Crippen LogP contribution is -2.51. The molecule has 29 heavy (non-hydrogen) atoms. The van der Waals surface area contributed by atoms with Gasteiger partial charge in [0, 0.05) is 17.7 Å². The van der Waals surface area contributed by atoms with Gasteiger partial charge in [-0.3, -0.25) is 0 Å². The predicted molar refractivity (Wildman–Crippen MR) is 117 cm³/mol. The molecule has 3 aliphatic carbocycles. The van der Waals surface area contributed by atoms with Crippen LogP contribution in [0.4, 0.5) is 0 Å². The molecular formula is C26H36O3. The van der Waals surface area contributed by atoms with Gasteiger partial charge in [0.25, 0.3) is 0 Å². The van der Waals surface area contributed by atoms with Gasteiger partial charge < -0.3 is 15.3 Å². The van der Waals surface area contributed by atoms with Crippen molar-refractivity contribution in [3.8, 4) is 11.5 Å². The molecule has 1 unspecified atom stereocenters. The Bertz CT molecular complexity index is 839. The van der Waals surface area contributed by atoms with Gasteiger partial charge in [-0.15, -0.1) is 0 Å². The van der Waals surface area contributed by atoms with E-state index in [1.165, 1.54) is 24.0 Å². The molecule has 1 aromatic rings. The second-order valence-electron chi connectivity index (χ2n) is 10.3. The molecule has 3 nitrogen and oxygen atoms in total. The van der Waals surface area contributed by atoms with Crippen LogP contribution in [0.15, 0.2) is 35.9 Å². The van der Waals surface area contributed by atoms with Gasteiger partial charge in [0.1, 0.15) is 11.5 Å². The summed E-state index contributed by atoms with van der Waals surface area (Å²) in [5.41, 5.74) is 4.77. The van der Waals surface area contributed by atoms with Gasteiger partial charge in [0.2, 0.25) is 0 Å². The zero-order valence-corrected chi connectivity index (χ0v) is 18.0. The number of benzene rings is 1. The number of allylic oxidation sites excluding steroid dienone is 3. The van der Waals surface area contributed by atoms with Crippen LogP contribution in [0.3, 0.4) is 0 Å². The SMILES string of the molecule is C=C1CCC2[C@@](C)(CO)CCC[C@]2(C)[C@H]1CCC1=CCc2c(O)ccc(O)c2C1. The van der Waals surface area contributed by atoms with E-state index >= 15 is 0 Å². The summed E-state index contributed by atoms with van der Waals surface area (Å²) in [6, 6.07) is 3.19. The number of phenolic OH excluding ortho intramolecular Hbond substituents is 2. The van der Waals surface area contributed by atoms with Crippen LogP contribution in [0.2, 0.25) is 0 Å². The third kappa shape index (κ3) is 3.42. The minimum Gasteiger partial charge on any atom is -0.508 e. The van der Waals surface area contributed by atoms with Crippen molar-refractivity contribution in [2.24, 2.45) is 22.7 Å². The summed E-state index contributed by atoms with van der Waals surface area (Å²) >= 11 is 0. The van der Waals surface area contributed by atoms with Crippen LogP contribution in [0.25, 0.3) is 0 Å². The number of aromatic hydroxyl groups is 2. The highest BCUT2D eigenvalue weighted by Gasteiger charge is 2.54. The molecule has 4 atom stereocenters. The van der Waals surface area contributed by atoms with Crippen LogP contribution >= 0.6 is 0 Å². The molecule has 1 aromatic carbocycles. The van der Waals surface area contributed by atoms with Crippen LogP contribution in [0, 0.1) is 22.7 Å². The second kappa shape index (κ2) is 7.50. The number of aliphatic hydroxyl groups is 1. The van der Waals surface area contributed by atoms with Crippen LogP contribution < -0.4 is 0 Å². The van der Waals surface area contributed by atoms with E-state index in [-0.39, 0.29) is 23.2 Å². The molecule has 0 bridgehead atoms. The predicted octanol–water partition coefficient (Wildman–Crippen LogP) is 5.67. The molecule has 0 heterocycles. The van der Waals surface area contributed by atoms with Gasteiger partial charge in [-0.1, -0.05) is 44.1 Å². The monoisotopic (exact) mass is 396 g/mol. The highest BCUT2D eigenvalue weighted by atomic mass is 16.3. The molecule has 158 valence electrons. The fourth-order valence-corrected chi connectivity index (χ4v) is 6.97. The molecule has 2 saturated carbocycles. The van der Waals surface area contributed by atoms with Gasteiger partial charge >= 0.3 is 0 Å². The molecule has 3 heteroatoms. The Balaban J connectivity index is 1.51. The standard InChI is InChI=1S/C26H36O3/c1-17-5-12-24-25(2,16-27)13-4-14-26(24,3)21(17)9-7-18-6-8-19-20(15-18)23(29)11-10-22(19)28/h6,10-11,21,24,27-29H,1,4-5,7-9,12-16H2,2-3H3/t21-,24?,25+,26+/m0/s1. The summed E-state index contributed by atoms with van der Waals surface area (Å²) in [5, 5.41) is 30.5. The van der Waals surface area contributed by atoms with E-state index in [1.54, 1.807) is 12.1 Å². The first-order chi connectivity index (χ1) is 13.8. The maximum absolute atomic E-state index is 10.3. The molecule has 0 saturated heterocycles. The summed E-state index contributed by atoms with van der Waals surface area (Å²) in [5.74, 6) is 1.64. The fourth-order valence-electron chi connectivity index (χ4n) is 6.97. The van der Waals surface area contributed by atoms with Crippen LogP contribution in [0.1, 0.15) is 69.9 Å². The zero-order chi connectivity index (χ0) is 20.8. The van der Waals surface area contributed by atoms with E-state index in [0.29, 0.717) is 24.0 Å². The maximum Gasteiger partial charge on any atom is 0.119 e. The fraction of sp³-hybridized carbons (Fsp3) is 0.615. The minimum absolute atomic E-state index is 0.0400. The van der Waals surface area contributed by atoms with E-state index in [1.807, 2.05) is 0 Å². The lowest BCUT2D eigenvalue weighted by atomic mass is 9.47. The molecule has 0 amide bonds. The zero-order valence-electron chi connectivity index (χ0n) is 18.0. The van der Waals surface area contributed by atoms with E-state index in [9.17, 15) is 15.3 Å². The number of hydrogen-bond acceptors (Lipinski definition) is 3. The van der Waals surface area contributed by atoms with E-state index in [4.69, 9.17) is 0 Å². The molecule has 2 fully saturated rings. The highest BCUT2D eigenvalue weighted by molar-refractivity contribution is 5.52. The average molecular weight is 397 g/mol. The summed E-state index contributed by atoms with van der Waals surface area (Å²) in [6.07, 6.45) is 11.6. The van der Waals surface area contributed by atoms with Crippen LogP contribution in [-0.2, 0) is 12.8 Å². The number of phenols is 2.